The Kier molecular flexibility index (Phi) is 6.39. The van der Waals surface area contributed by atoms with Gasteiger partial charge in [-0.2, -0.15) is 0 Å². The van der Waals surface area contributed by atoms with E-state index in [9.17, 15) is 10.2 Å². The zero-order chi connectivity index (χ0) is 20.4. The van der Waals surface area contributed by atoms with Crippen LogP contribution in [0.25, 0.3) is 11.2 Å². The topological polar surface area (TPSA) is 171 Å². The zero-order valence-corrected chi connectivity index (χ0v) is 17.3. The first-order chi connectivity index (χ1) is 13.3. The van der Waals surface area contributed by atoms with E-state index in [0.29, 0.717) is 21.8 Å². The fourth-order valence-corrected chi connectivity index (χ4v) is 7.58. The molecule has 1 saturated heterocycles. The molecule has 0 aliphatic carbocycles. The quantitative estimate of drug-likeness (QED) is 0.272. The van der Waals surface area contributed by atoms with Crippen molar-refractivity contribution in [2.24, 2.45) is 5.73 Å². The van der Waals surface area contributed by atoms with Gasteiger partial charge in [-0.05, 0) is 0 Å². The number of fused-ring (bicyclic) bond motifs is 1. The molecule has 0 aromatic carbocycles. The van der Waals surface area contributed by atoms with Crippen LogP contribution < -0.4 is 17.2 Å². The van der Waals surface area contributed by atoms with Crippen LogP contribution in [0.2, 0.25) is 16.0 Å². The molecule has 3 heterocycles. The van der Waals surface area contributed by atoms with Crippen LogP contribution in [0, 0.1) is 12.3 Å². The van der Waals surface area contributed by atoms with Crippen molar-refractivity contribution in [3.8, 4) is 12.3 Å². The number of anilines is 2. The number of hydrogen-bond donors (Lipinski definition) is 5. The van der Waals surface area contributed by atoms with E-state index >= 15 is 0 Å². The Hall–Kier alpha value is -1.93. The number of rotatable bonds is 7. The minimum atomic E-state index is -1.23. The standard InChI is InChI=1S/C17H26N7O3Se/c1-3-5-28(6-4-9(2)18)7-10-12(25)13(26)16(27-10)24-8-21-11-14(19)22-17(20)23-15(11)24/h1,8-10,12-13,16,25-26H,4-7,18H2,2H3,(H4,19,20,22,23)/q+1/t9-,10-,12-,13-,16-,28?/m1/s1. The molecule has 0 saturated carbocycles. The molecule has 2 aromatic rings. The second kappa shape index (κ2) is 8.61. The number of nitrogens with zero attached hydrogens (tertiary/aromatic N) is 4. The van der Waals surface area contributed by atoms with Crippen LogP contribution in [0.5, 0.6) is 0 Å². The summed E-state index contributed by atoms with van der Waals surface area (Å²) in [6.45, 7) is 1.96. The van der Waals surface area contributed by atoms with Crippen molar-refractivity contribution in [3.63, 3.8) is 0 Å². The Labute approximate surface area is 167 Å². The van der Waals surface area contributed by atoms with Gasteiger partial charge in [0.15, 0.2) is 0 Å². The summed E-state index contributed by atoms with van der Waals surface area (Å²) in [4.78, 5) is 12.2. The Balaban J connectivity index is 1.80. The normalized spacial score (nSPS) is 27.0. The molecule has 8 N–H and O–H groups in total. The van der Waals surface area contributed by atoms with E-state index in [0.717, 1.165) is 11.7 Å². The summed E-state index contributed by atoms with van der Waals surface area (Å²) >= 11 is -1.23. The molecule has 10 nitrogen and oxygen atoms in total. The van der Waals surface area contributed by atoms with Gasteiger partial charge in [0.1, 0.15) is 0 Å². The van der Waals surface area contributed by atoms with Gasteiger partial charge >= 0.3 is 167 Å². The molecule has 1 aliphatic heterocycles. The SMILES string of the molecule is C#CC[Se+](CC[C@@H](C)N)C[C@H]1O[C@@H](n2cnc3c(N)nc(N)nc32)[C@H](O)[C@@H]1O. The number of aromatic nitrogens is 4. The molecule has 3 rings (SSSR count). The fraction of sp³-hybridized carbons (Fsp3) is 0.588. The molecule has 28 heavy (non-hydrogen) atoms. The molecule has 1 unspecified atom stereocenters. The number of aliphatic hydroxyl groups is 2. The van der Waals surface area contributed by atoms with Gasteiger partial charge in [-0.1, -0.05) is 0 Å². The van der Waals surface area contributed by atoms with E-state index in [-0.39, 0.29) is 17.8 Å². The maximum absolute atomic E-state index is 10.6. The van der Waals surface area contributed by atoms with Crippen molar-refractivity contribution in [1.29, 1.82) is 0 Å². The molecule has 11 heteroatoms. The van der Waals surface area contributed by atoms with Gasteiger partial charge in [0, 0.05) is 0 Å². The minimum absolute atomic E-state index is 0.00649. The van der Waals surface area contributed by atoms with Crippen molar-refractivity contribution in [1.82, 2.24) is 19.5 Å². The van der Waals surface area contributed by atoms with E-state index in [4.69, 9.17) is 28.4 Å². The summed E-state index contributed by atoms with van der Waals surface area (Å²) in [7, 11) is 0. The van der Waals surface area contributed by atoms with Crippen molar-refractivity contribution in [2.75, 3.05) is 11.5 Å². The van der Waals surface area contributed by atoms with Gasteiger partial charge < -0.3 is 0 Å². The second-order valence-electron chi connectivity index (χ2n) is 6.93. The third-order valence-electron chi connectivity index (χ3n) is 4.63. The van der Waals surface area contributed by atoms with Gasteiger partial charge in [0.05, 0.1) is 0 Å². The molecule has 6 atom stereocenters. The maximum atomic E-state index is 10.6. The number of nitrogen functional groups attached to an aromatic ring is 2. The molecular formula is C17H26N7O3Se+. The average Bonchev–Trinajstić information content (AvgIpc) is 3.16. The summed E-state index contributed by atoms with van der Waals surface area (Å²) in [5, 5.41) is 23.4. The summed E-state index contributed by atoms with van der Waals surface area (Å²) in [6.07, 6.45) is 4.27. The first kappa shape index (κ1) is 20.8. The number of hydrogen-bond acceptors (Lipinski definition) is 9. The Morgan fingerprint density at radius 2 is 2.11 bits per heavy atom. The predicted octanol–water partition coefficient (Wildman–Crippen LogP) is -0.525. The molecule has 152 valence electrons. The van der Waals surface area contributed by atoms with Crippen LogP contribution in [-0.4, -0.2) is 68.0 Å². The number of ether oxygens (including phenoxy) is 1. The molecule has 0 radical (unpaired) electrons. The van der Waals surface area contributed by atoms with Crippen molar-refractivity contribution in [3.05, 3.63) is 6.33 Å². The van der Waals surface area contributed by atoms with Crippen molar-refractivity contribution in [2.45, 2.75) is 59.9 Å². The number of nitrogens with two attached hydrogens (primary N) is 3. The van der Waals surface area contributed by atoms with Gasteiger partial charge in [-0.15, -0.1) is 0 Å². The third kappa shape index (κ3) is 4.22. The van der Waals surface area contributed by atoms with E-state index < -0.39 is 38.4 Å². The van der Waals surface area contributed by atoms with Gasteiger partial charge in [-0.3, -0.25) is 0 Å². The summed E-state index contributed by atoms with van der Waals surface area (Å²) in [6, 6.07) is 0.102. The molecular weight excluding hydrogens is 429 g/mol. The van der Waals surface area contributed by atoms with Crippen LogP contribution >= 0.6 is 0 Å². The van der Waals surface area contributed by atoms with Gasteiger partial charge in [0.2, 0.25) is 0 Å². The van der Waals surface area contributed by atoms with Gasteiger partial charge in [-0.25, -0.2) is 0 Å². The average molecular weight is 455 g/mol. The Morgan fingerprint density at radius 3 is 2.79 bits per heavy atom. The second-order valence-corrected chi connectivity index (χ2v) is 11.7. The van der Waals surface area contributed by atoms with E-state index in [1.54, 1.807) is 0 Å². The molecule has 0 amide bonds. The molecule has 0 bridgehead atoms. The molecule has 1 fully saturated rings. The van der Waals surface area contributed by atoms with Crippen LogP contribution in [0.4, 0.5) is 11.8 Å². The van der Waals surface area contributed by atoms with Crippen molar-refractivity contribution >= 4 is 36.8 Å². The third-order valence-corrected chi connectivity index (χ3v) is 9.22. The first-order valence-electron chi connectivity index (χ1n) is 8.92. The van der Waals surface area contributed by atoms with E-state index in [1.807, 2.05) is 6.92 Å². The molecule has 1 aliphatic rings. The summed E-state index contributed by atoms with van der Waals surface area (Å²) in [5.41, 5.74) is 18.1. The van der Waals surface area contributed by atoms with Crippen molar-refractivity contribution < 1.29 is 14.9 Å². The zero-order valence-electron chi connectivity index (χ0n) is 15.6. The monoisotopic (exact) mass is 456 g/mol. The molecule has 0 spiro atoms. The van der Waals surface area contributed by atoms with Crippen LogP contribution in [0.1, 0.15) is 19.6 Å². The Bertz CT molecular complexity index is 868. The summed E-state index contributed by atoms with van der Waals surface area (Å²) in [5.74, 6) is 2.86. The number of imidazole rings is 1. The summed E-state index contributed by atoms with van der Waals surface area (Å²) < 4.78 is 7.54. The van der Waals surface area contributed by atoms with Crippen LogP contribution in [-0.2, 0) is 4.74 Å². The van der Waals surface area contributed by atoms with Crippen LogP contribution in [0.15, 0.2) is 6.33 Å². The predicted molar refractivity (Wildman–Crippen MR) is 107 cm³/mol. The van der Waals surface area contributed by atoms with E-state index in [1.165, 1.54) is 10.9 Å². The van der Waals surface area contributed by atoms with E-state index in [2.05, 4.69) is 20.9 Å². The number of terminal acetylenes is 1. The van der Waals surface area contributed by atoms with Crippen LogP contribution in [0.3, 0.4) is 0 Å². The first-order valence-corrected chi connectivity index (χ1v) is 12.6. The molecule has 2 aromatic heterocycles. The fourth-order valence-electron chi connectivity index (χ4n) is 3.16. The Morgan fingerprint density at radius 1 is 1.36 bits per heavy atom. The number of aliphatic hydroxyl groups excluding tert-OH is 2. The van der Waals surface area contributed by atoms with Gasteiger partial charge in [0.25, 0.3) is 0 Å².